The number of hydrogen-bond acceptors (Lipinski definition) is 3. The Morgan fingerprint density at radius 2 is 1.05 bits per heavy atom. The second-order valence-corrected chi connectivity index (χ2v) is 28.4. The first-order valence-electron chi connectivity index (χ1n) is 27.5. The number of rotatable bonds is 3. The number of anilines is 4. The normalized spacial score (nSPS) is 20.1. The molecule has 4 heterocycles. The van der Waals surface area contributed by atoms with Crippen LogP contribution in [0, 0.1) is 11.8 Å². The molecule has 1 atom stereocenters. The van der Waals surface area contributed by atoms with E-state index in [1.807, 2.05) is 11.3 Å². The number of benzene rings is 6. The molecule has 1 unspecified atom stereocenters. The van der Waals surface area contributed by atoms with Crippen molar-refractivity contribution >= 4 is 82.9 Å². The van der Waals surface area contributed by atoms with Gasteiger partial charge in [0.25, 0.3) is 6.71 Å². The van der Waals surface area contributed by atoms with Gasteiger partial charge < -0.3 is 14.4 Å². The summed E-state index contributed by atoms with van der Waals surface area (Å²) < 4.78 is 5.25. The molecule has 0 saturated heterocycles. The molecule has 0 spiro atoms. The van der Waals surface area contributed by atoms with E-state index < -0.39 is 0 Å². The third-order valence-electron chi connectivity index (χ3n) is 18.5. The summed E-state index contributed by atoms with van der Waals surface area (Å²) in [6.07, 6.45) is 7.23. The Morgan fingerprint density at radius 3 is 1.62 bits per heavy atom. The number of hydrogen-bond donors (Lipinski definition) is 0. The van der Waals surface area contributed by atoms with Crippen LogP contribution in [0.1, 0.15) is 162 Å². The van der Waals surface area contributed by atoms with Gasteiger partial charge in [-0.05, 0) is 169 Å². The Kier molecular flexibility index (Phi) is 10.1. The average molecular weight is 986 g/mol. The lowest BCUT2D eigenvalue weighted by molar-refractivity contribution is 0.332. The monoisotopic (exact) mass is 986 g/mol. The van der Waals surface area contributed by atoms with Crippen LogP contribution in [0.15, 0.2) is 144 Å². The van der Waals surface area contributed by atoms with Crippen LogP contribution in [0.25, 0.3) is 31.9 Å². The van der Waals surface area contributed by atoms with Crippen molar-refractivity contribution in [1.82, 2.24) is 4.57 Å². The van der Waals surface area contributed by atoms with Gasteiger partial charge in [0.15, 0.2) is 0 Å². The van der Waals surface area contributed by atoms with Crippen molar-refractivity contribution in [3.8, 4) is 11.8 Å². The lowest BCUT2D eigenvalue weighted by atomic mass is 9.35. The van der Waals surface area contributed by atoms with Gasteiger partial charge in [-0.25, -0.2) is 0 Å². The predicted molar refractivity (Wildman–Crippen MR) is 320 cm³/mol. The van der Waals surface area contributed by atoms with Crippen LogP contribution in [-0.4, -0.2) is 11.3 Å². The number of aromatic nitrogens is 1. The molecule has 2 aliphatic heterocycles. The Labute approximate surface area is 445 Å². The minimum atomic E-state index is -0.286. The minimum Gasteiger partial charge on any atom is -0.322 e. The molecular formula is C69H72BN3S. The first-order valence-corrected chi connectivity index (χ1v) is 28.3. The van der Waals surface area contributed by atoms with Gasteiger partial charge in [-0.3, -0.25) is 0 Å². The van der Waals surface area contributed by atoms with Crippen molar-refractivity contribution in [3.63, 3.8) is 0 Å². The zero-order valence-corrected chi connectivity index (χ0v) is 47.2. The molecule has 0 bridgehead atoms. The summed E-state index contributed by atoms with van der Waals surface area (Å²) in [7, 11) is 0. The van der Waals surface area contributed by atoms with E-state index in [1.165, 1.54) is 122 Å². The molecule has 74 heavy (non-hydrogen) atoms. The van der Waals surface area contributed by atoms with E-state index in [0.29, 0.717) is 0 Å². The molecule has 13 rings (SSSR count). The quantitative estimate of drug-likeness (QED) is 0.129. The van der Waals surface area contributed by atoms with Crippen molar-refractivity contribution in [2.24, 2.45) is 0 Å². The molecule has 5 heteroatoms. The minimum absolute atomic E-state index is 0.0216. The number of allylic oxidation sites excluding steroid dienone is 3. The van der Waals surface area contributed by atoms with Crippen molar-refractivity contribution in [1.29, 1.82) is 0 Å². The molecule has 2 aromatic heterocycles. The number of nitrogens with zero attached hydrogens (tertiary/aromatic N) is 3. The van der Waals surface area contributed by atoms with Gasteiger partial charge in [-0.2, -0.15) is 0 Å². The van der Waals surface area contributed by atoms with Gasteiger partial charge in [-0.15, -0.1) is 11.3 Å². The lowest BCUT2D eigenvalue weighted by Crippen LogP contribution is -2.55. The van der Waals surface area contributed by atoms with E-state index >= 15 is 0 Å². The highest BCUT2D eigenvalue weighted by Gasteiger charge is 2.49. The van der Waals surface area contributed by atoms with E-state index in [4.69, 9.17) is 0 Å². The summed E-state index contributed by atoms with van der Waals surface area (Å²) in [5, 5.41) is 3.84. The Bertz CT molecular complexity index is 3800. The molecule has 6 aromatic carbocycles. The molecule has 0 amide bonds. The van der Waals surface area contributed by atoms with E-state index in [2.05, 4.69) is 251 Å². The van der Waals surface area contributed by atoms with Crippen LogP contribution >= 0.6 is 11.3 Å². The van der Waals surface area contributed by atoms with Gasteiger partial charge in [-0.1, -0.05) is 170 Å². The molecular weight excluding hydrogens is 914 g/mol. The second kappa shape index (κ2) is 15.7. The summed E-state index contributed by atoms with van der Waals surface area (Å²) in [6.45, 7) is 33.8. The standard InChI is InChI=1S/C69H72BN3S/c1-64(2,3)42-24-32-60-49(37-42)62-63(74-60)70-54-38-43(65(4,5)6)23-30-57(54)72(44-25-28-50-52(39-44)68(11,12)35-33-66(50,7)8)58-31-27-46(71-55-21-17-15-19-47(55)48-20-16-18-22-56(48)71)41-59(61(58)70)73(62)45-26-29-51-53(40-45)69(13,14)36-34-67(51,9)10/h15-26,28-30,32,37-41,46H,33-36H2,1-14H3. The third-order valence-corrected chi connectivity index (χ3v) is 19.7. The topological polar surface area (TPSA) is 11.4 Å². The number of fused-ring (bicyclic) bond motifs is 11. The van der Waals surface area contributed by atoms with Gasteiger partial charge in [0.1, 0.15) is 6.04 Å². The largest absolute Gasteiger partial charge is 0.322 e. The molecule has 5 aliphatic rings. The van der Waals surface area contributed by atoms with Crippen LogP contribution in [0.2, 0.25) is 0 Å². The molecule has 0 N–H and O–H groups in total. The van der Waals surface area contributed by atoms with Gasteiger partial charge in [0.05, 0.1) is 22.4 Å². The molecule has 8 aromatic rings. The van der Waals surface area contributed by atoms with E-state index in [9.17, 15) is 0 Å². The molecule has 3 nitrogen and oxygen atoms in total. The van der Waals surface area contributed by atoms with Gasteiger partial charge in [0.2, 0.25) is 0 Å². The highest BCUT2D eigenvalue weighted by Crippen LogP contribution is 2.54. The summed E-state index contributed by atoms with van der Waals surface area (Å²) in [6, 6.07) is 47.4. The third kappa shape index (κ3) is 6.99. The second-order valence-electron chi connectivity index (χ2n) is 27.3. The van der Waals surface area contributed by atoms with Crippen LogP contribution < -0.4 is 20.0 Å². The first-order chi connectivity index (χ1) is 34.9. The first kappa shape index (κ1) is 47.5. The molecule has 3 aliphatic carbocycles. The zero-order valence-electron chi connectivity index (χ0n) is 46.4. The maximum atomic E-state index is 4.13. The maximum Gasteiger partial charge on any atom is 0.265 e. The summed E-state index contributed by atoms with van der Waals surface area (Å²) in [5.74, 6) is 8.21. The van der Waals surface area contributed by atoms with Gasteiger partial charge >= 0.3 is 0 Å². The van der Waals surface area contributed by atoms with Gasteiger partial charge in [0, 0.05) is 48.4 Å². The molecule has 0 fully saturated rings. The highest BCUT2D eigenvalue weighted by atomic mass is 32.1. The summed E-state index contributed by atoms with van der Waals surface area (Å²) >= 11 is 2.00. The highest BCUT2D eigenvalue weighted by molar-refractivity contribution is 7.32. The van der Waals surface area contributed by atoms with Crippen molar-refractivity contribution in [2.75, 3.05) is 9.80 Å². The lowest BCUT2D eigenvalue weighted by Gasteiger charge is -2.46. The van der Waals surface area contributed by atoms with Crippen molar-refractivity contribution < 1.29 is 0 Å². The fourth-order valence-electron chi connectivity index (χ4n) is 13.7. The molecule has 0 radical (unpaired) electrons. The smallest absolute Gasteiger partial charge is 0.265 e. The number of para-hydroxylation sites is 2. The number of thiophene rings is 1. The summed E-state index contributed by atoms with van der Waals surface area (Å²) in [5.41, 5.74) is 21.0. The molecule has 372 valence electrons. The van der Waals surface area contributed by atoms with Crippen molar-refractivity contribution in [3.05, 3.63) is 178 Å². The Hall–Kier alpha value is -6.22. The fraction of sp³-hybridized carbons (Fsp3) is 0.362. The van der Waals surface area contributed by atoms with Crippen LogP contribution in [0.4, 0.5) is 22.7 Å². The molecule has 0 saturated carbocycles. The Balaban J connectivity index is 1.19. The van der Waals surface area contributed by atoms with Crippen LogP contribution in [0.5, 0.6) is 0 Å². The maximum absolute atomic E-state index is 4.13. The fourth-order valence-corrected chi connectivity index (χ4v) is 15.0. The van der Waals surface area contributed by atoms with Crippen molar-refractivity contribution in [2.45, 2.75) is 161 Å². The van der Waals surface area contributed by atoms with E-state index in [1.54, 1.807) is 0 Å². The Morgan fingerprint density at radius 1 is 0.541 bits per heavy atom. The zero-order chi connectivity index (χ0) is 51.8. The van der Waals surface area contributed by atoms with E-state index in [-0.39, 0.29) is 45.2 Å². The summed E-state index contributed by atoms with van der Waals surface area (Å²) in [4.78, 5) is 5.31. The van der Waals surface area contributed by atoms with Crippen LogP contribution in [0.3, 0.4) is 0 Å². The SMILES string of the molecule is CC(C)(C)c1ccc2c(c1)B1C3=C(C#CC(n4c5ccccc5c5ccccc54)C=C3N(c3ccc4c(c3)C(C)(C)CCC4(C)C)c3c1sc1ccc(C(C)(C)C)cc31)N2c1ccc2c(c1)C(C)(C)CCC2(C)C. The van der Waals surface area contributed by atoms with Crippen LogP contribution in [-0.2, 0) is 32.5 Å². The average Bonchev–Trinajstić information content (AvgIpc) is 3.86. The predicted octanol–water partition coefficient (Wildman–Crippen LogP) is 17.2. The van der Waals surface area contributed by atoms with E-state index in [0.717, 1.165) is 18.5 Å².